The molecular formula is C61H114N2O6P+. The summed E-state index contributed by atoms with van der Waals surface area (Å²) in [5.74, 6) is -0.145. The summed E-state index contributed by atoms with van der Waals surface area (Å²) in [6.45, 7) is 4.78. The second-order valence-corrected chi connectivity index (χ2v) is 22.4. The zero-order chi connectivity index (χ0) is 51.3. The summed E-state index contributed by atoms with van der Waals surface area (Å²) in [7, 11) is 1.62. The van der Waals surface area contributed by atoms with E-state index in [1.54, 1.807) is 0 Å². The maximum atomic E-state index is 13.0. The van der Waals surface area contributed by atoms with E-state index in [2.05, 4.69) is 92.1 Å². The van der Waals surface area contributed by atoms with E-state index in [9.17, 15) is 19.4 Å². The molecule has 9 heteroatoms. The van der Waals surface area contributed by atoms with Crippen LogP contribution in [0.1, 0.15) is 258 Å². The van der Waals surface area contributed by atoms with Crippen LogP contribution in [0.5, 0.6) is 0 Å². The van der Waals surface area contributed by atoms with Crippen LogP contribution < -0.4 is 5.32 Å². The Bertz CT molecular complexity index is 1370. The Labute approximate surface area is 434 Å². The standard InChI is InChI=1S/C61H113N2O6P/c1-6-8-10-12-14-16-18-20-21-22-23-24-25-26-27-28-29-30-31-32-33-34-35-36-37-38-39-40-41-43-45-47-49-51-53-55-61(65)62-59(58-69-70(66,67)68-57-56-63(3,4)5)60(64)54-52-50-48-46-44-42-19-17-15-13-11-9-7-2/h8,10,14,16,20-21,23-24,26-27,29-30,59-60,64H,6-7,9,11-13,15,17-19,22,25,28,31-58H2,1-5H3,(H-,62,65,66,67)/p+1/b10-8-,16-14-,21-20-,24-23-,27-26-,30-29-. The predicted octanol–water partition coefficient (Wildman–Crippen LogP) is 17.9. The Kier molecular flexibility index (Phi) is 50.3. The number of nitrogens with one attached hydrogen (secondary N) is 1. The van der Waals surface area contributed by atoms with Crippen molar-refractivity contribution >= 4 is 13.7 Å². The number of hydrogen-bond acceptors (Lipinski definition) is 5. The van der Waals surface area contributed by atoms with E-state index >= 15 is 0 Å². The van der Waals surface area contributed by atoms with Crippen LogP contribution >= 0.6 is 7.82 Å². The smallest absolute Gasteiger partial charge is 0.391 e. The van der Waals surface area contributed by atoms with Gasteiger partial charge in [0.05, 0.1) is 39.9 Å². The minimum Gasteiger partial charge on any atom is -0.391 e. The van der Waals surface area contributed by atoms with Gasteiger partial charge in [-0.3, -0.25) is 13.8 Å². The highest BCUT2D eigenvalue weighted by Crippen LogP contribution is 2.43. The van der Waals surface area contributed by atoms with E-state index < -0.39 is 20.0 Å². The van der Waals surface area contributed by atoms with Crippen molar-refractivity contribution in [1.29, 1.82) is 0 Å². The van der Waals surface area contributed by atoms with Crippen molar-refractivity contribution in [2.24, 2.45) is 0 Å². The fourth-order valence-electron chi connectivity index (χ4n) is 8.40. The fraction of sp³-hybridized carbons (Fsp3) is 0.787. The number of unbranched alkanes of at least 4 members (excludes halogenated alkanes) is 28. The molecule has 408 valence electrons. The third-order valence-electron chi connectivity index (χ3n) is 13.0. The van der Waals surface area contributed by atoms with Crippen LogP contribution in [0.3, 0.4) is 0 Å². The zero-order valence-electron chi connectivity index (χ0n) is 46.5. The lowest BCUT2D eigenvalue weighted by Crippen LogP contribution is -2.46. The van der Waals surface area contributed by atoms with Crippen LogP contribution in [0.15, 0.2) is 72.9 Å². The molecule has 0 aromatic carbocycles. The number of allylic oxidation sites excluding steroid dienone is 12. The number of phosphoric acid groups is 1. The molecule has 0 rings (SSSR count). The van der Waals surface area contributed by atoms with Crippen molar-refractivity contribution in [3.05, 3.63) is 72.9 Å². The lowest BCUT2D eigenvalue weighted by molar-refractivity contribution is -0.870. The molecule has 0 bridgehead atoms. The molecule has 0 fully saturated rings. The number of hydrogen-bond donors (Lipinski definition) is 3. The molecule has 0 aromatic rings. The minimum atomic E-state index is -4.32. The molecular weight excluding hydrogens is 888 g/mol. The van der Waals surface area contributed by atoms with Gasteiger partial charge in [-0.05, 0) is 64.2 Å². The maximum Gasteiger partial charge on any atom is 0.472 e. The van der Waals surface area contributed by atoms with Gasteiger partial charge >= 0.3 is 7.82 Å². The molecule has 0 aliphatic carbocycles. The minimum absolute atomic E-state index is 0.0737. The van der Waals surface area contributed by atoms with Crippen LogP contribution in [0.2, 0.25) is 0 Å². The molecule has 3 unspecified atom stereocenters. The number of nitrogens with zero attached hydrogens (tertiary/aromatic N) is 1. The number of rotatable bonds is 53. The van der Waals surface area contributed by atoms with Gasteiger partial charge in [-0.2, -0.15) is 0 Å². The molecule has 0 aromatic heterocycles. The molecule has 70 heavy (non-hydrogen) atoms. The van der Waals surface area contributed by atoms with Crippen LogP contribution in [0.4, 0.5) is 0 Å². The first kappa shape index (κ1) is 67.9. The predicted molar refractivity (Wildman–Crippen MR) is 304 cm³/mol. The monoisotopic (exact) mass is 1000 g/mol. The largest absolute Gasteiger partial charge is 0.472 e. The number of amides is 1. The Morgan fingerprint density at radius 3 is 1.26 bits per heavy atom. The Morgan fingerprint density at radius 2 is 0.857 bits per heavy atom. The van der Waals surface area contributed by atoms with Crippen molar-refractivity contribution in [2.75, 3.05) is 40.9 Å². The molecule has 0 spiro atoms. The topological polar surface area (TPSA) is 105 Å². The van der Waals surface area contributed by atoms with Gasteiger partial charge in [0.1, 0.15) is 13.2 Å². The highest BCUT2D eigenvalue weighted by Gasteiger charge is 2.28. The molecule has 8 nitrogen and oxygen atoms in total. The summed E-state index contributed by atoms with van der Waals surface area (Å²) in [4.78, 5) is 23.3. The van der Waals surface area contributed by atoms with Crippen LogP contribution in [0.25, 0.3) is 0 Å². The summed E-state index contributed by atoms with van der Waals surface area (Å²) in [5.41, 5.74) is 0. The first-order valence-electron chi connectivity index (χ1n) is 29.3. The van der Waals surface area contributed by atoms with Crippen molar-refractivity contribution in [3.8, 4) is 0 Å². The summed E-state index contributed by atoms with van der Waals surface area (Å²) in [6.07, 6.45) is 71.1. The second kappa shape index (κ2) is 51.8. The summed E-state index contributed by atoms with van der Waals surface area (Å²) in [6, 6.07) is -0.762. The molecule has 1 amide bonds. The average Bonchev–Trinajstić information content (AvgIpc) is 3.32. The number of aliphatic hydroxyl groups excluding tert-OH is 1. The number of carbonyl (C=O) groups is 1. The Hall–Kier alpha value is -2.06. The van der Waals surface area contributed by atoms with E-state index in [1.165, 1.54) is 154 Å². The van der Waals surface area contributed by atoms with Crippen molar-refractivity contribution in [1.82, 2.24) is 5.32 Å². The zero-order valence-corrected chi connectivity index (χ0v) is 47.4. The van der Waals surface area contributed by atoms with Crippen molar-refractivity contribution < 1.29 is 32.9 Å². The van der Waals surface area contributed by atoms with Gasteiger partial charge in [0.25, 0.3) is 0 Å². The van der Waals surface area contributed by atoms with E-state index in [4.69, 9.17) is 9.05 Å². The van der Waals surface area contributed by atoms with Gasteiger partial charge < -0.3 is 19.8 Å². The highest BCUT2D eigenvalue weighted by atomic mass is 31.2. The van der Waals surface area contributed by atoms with E-state index in [0.29, 0.717) is 23.9 Å². The number of likely N-dealkylation sites (N-methyl/N-ethyl adjacent to an activating group) is 1. The van der Waals surface area contributed by atoms with Crippen molar-refractivity contribution in [2.45, 2.75) is 270 Å². The number of aliphatic hydroxyl groups is 1. The second-order valence-electron chi connectivity index (χ2n) is 21.0. The SMILES string of the molecule is CC/C=C\C/C=C\C/C=C\C/C=C\C/C=C\C/C=C\CCCCCCCCCCCCCCCCCCC(=O)NC(COP(=O)(O)OCC[N+](C)(C)C)C(O)CCCCCCCCCCCCCCC. The molecule has 0 saturated heterocycles. The number of quaternary nitrogens is 1. The Morgan fingerprint density at radius 1 is 0.500 bits per heavy atom. The van der Waals surface area contributed by atoms with Crippen LogP contribution in [-0.2, 0) is 18.4 Å². The normalized spacial score (nSPS) is 14.4. The average molecular weight is 1000 g/mol. The third-order valence-corrected chi connectivity index (χ3v) is 14.0. The Balaban J connectivity index is 4.00. The summed E-state index contributed by atoms with van der Waals surface area (Å²) >= 11 is 0. The van der Waals surface area contributed by atoms with E-state index in [1.807, 2.05) is 21.1 Å². The number of phosphoric ester groups is 1. The first-order valence-corrected chi connectivity index (χ1v) is 30.8. The van der Waals surface area contributed by atoms with Gasteiger partial charge in [-0.25, -0.2) is 4.57 Å². The van der Waals surface area contributed by atoms with Gasteiger partial charge in [0, 0.05) is 6.42 Å². The summed E-state index contributed by atoms with van der Waals surface area (Å²) in [5, 5.41) is 14.0. The lowest BCUT2D eigenvalue weighted by Gasteiger charge is -2.26. The van der Waals surface area contributed by atoms with Gasteiger partial charge in [-0.15, -0.1) is 0 Å². The van der Waals surface area contributed by atoms with Crippen molar-refractivity contribution in [3.63, 3.8) is 0 Å². The molecule has 3 N–H and O–H groups in total. The first-order chi connectivity index (χ1) is 34.0. The quantitative estimate of drug-likeness (QED) is 0.0243. The third kappa shape index (κ3) is 53.7. The molecule has 0 heterocycles. The molecule has 0 radical (unpaired) electrons. The van der Waals surface area contributed by atoms with E-state index in [0.717, 1.165) is 77.0 Å². The lowest BCUT2D eigenvalue weighted by atomic mass is 10.0. The van der Waals surface area contributed by atoms with Gasteiger partial charge in [-0.1, -0.05) is 260 Å². The van der Waals surface area contributed by atoms with E-state index in [-0.39, 0.29) is 19.1 Å². The molecule has 3 atom stereocenters. The maximum absolute atomic E-state index is 13.0. The van der Waals surface area contributed by atoms with Crippen LogP contribution in [-0.4, -0.2) is 73.4 Å². The fourth-order valence-corrected chi connectivity index (χ4v) is 9.14. The molecule has 0 aliphatic heterocycles. The van der Waals surface area contributed by atoms with Gasteiger partial charge in [0.2, 0.25) is 5.91 Å². The summed E-state index contributed by atoms with van der Waals surface area (Å²) < 4.78 is 23.7. The molecule has 0 aliphatic rings. The van der Waals surface area contributed by atoms with Crippen LogP contribution in [0, 0.1) is 0 Å². The van der Waals surface area contributed by atoms with Gasteiger partial charge in [0.15, 0.2) is 0 Å². The number of carbonyl (C=O) groups excluding carboxylic acids is 1. The highest BCUT2D eigenvalue weighted by molar-refractivity contribution is 7.47. The molecule has 0 saturated carbocycles.